The second kappa shape index (κ2) is 5.51. The highest BCUT2D eigenvalue weighted by molar-refractivity contribution is 7.89. The summed E-state index contributed by atoms with van der Waals surface area (Å²) in [5.74, 6) is 0. The molecule has 1 aromatic carbocycles. The van der Waals surface area contributed by atoms with Gasteiger partial charge in [-0.05, 0) is 43.4 Å². The molecule has 0 aliphatic heterocycles. The lowest BCUT2D eigenvalue weighted by atomic mass is 10.1. The number of benzene rings is 1. The van der Waals surface area contributed by atoms with Crippen LogP contribution in [-0.4, -0.2) is 25.3 Å². The molecule has 0 radical (unpaired) electrons. The summed E-state index contributed by atoms with van der Waals surface area (Å²) >= 11 is 0. The van der Waals surface area contributed by atoms with E-state index in [1.54, 1.807) is 16.4 Å². The normalized spacial score (nSPS) is 15.9. The number of aryl methyl sites for hydroxylation is 1. The van der Waals surface area contributed by atoms with Gasteiger partial charge >= 0.3 is 0 Å². The van der Waals surface area contributed by atoms with E-state index in [9.17, 15) is 8.42 Å². The Balaban J connectivity index is 2.34. The molecule has 0 aromatic heterocycles. The lowest BCUT2D eigenvalue weighted by Crippen LogP contribution is -2.33. The van der Waals surface area contributed by atoms with Gasteiger partial charge in [-0.15, -0.1) is 0 Å². The van der Waals surface area contributed by atoms with Crippen LogP contribution in [-0.2, 0) is 16.4 Å². The van der Waals surface area contributed by atoms with Crippen LogP contribution in [0.25, 0.3) is 0 Å². The van der Waals surface area contributed by atoms with Gasteiger partial charge in [0, 0.05) is 18.3 Å². The van der Waals surface area contributed by atoms with Gasteiger partial charge in [-0.3, -0.25) is 0 Å². The number of anilines is 1. The van der Waals surface area contributed by atoms with Crippen LogP contribution in [0.15, 0.2) is 23.1 Å². The molecule has 2 rings (SSSR count). The summed E-state index contributed by atoms with van der Waals surface area (Å²) in [5.41, 5.74) is 7.47. The molecule has 0 spiro atoms. The third-order valence-corrected chi connectivity index (χ3v) is 5.45. The van der Waals surface area contributed by atoms with E-state index in [0.717, 1.165) is 31.2 Å². The fourth-order valence-electron chi connectivity index (χ4n) is 2.27. The van der Waals surface area contributed by atoms with Gasteiger partial charge in [0.1, 0.15) is 0 Å². The van der Waals surface area contributed by atoms with Crippen LogP contribution in [0.1, 0.15) is 38.7 Å². The molecule has 19 heavy (non-hydrogen) atoms. The molecule has 2 N–H and O–H groups in total. The summed E-state index contributed by atoms with van der Waals surface area (Å²) in [6, 6.07) is 5.28. The number of hydrogen-bond acceptors (Lipinski definition) is 3. The summed E-state index contributed by atoms with van der Waals surface area (Å²) in [5, 5.41) is 0. The van der Waals surface area contributed by atoms with E-state index in [2.05, 4.69) is 0 Å². The molecule has 4 nitrogen and oxygen atoms in total. The van der Waals surface area contributed by atoms with E-state index in [1.807, 2.05) is 19.9 Å². The van der Waals surface area contributed by atoms with Crippen LogP contribution in [0.2, 0.25) is 0 Å². The van der Waals surface area contributed by atoms with Crippen molar-refractivity contribution >= 4 is 15.7 Å². The molecule has 1 saturated carbocycles. The molecule has 1 aromatic rings. The largest absolute Gasteiger partial charge is 0.398 e. The fraction of sp³-hybridized carbons (Fsp3) is 0.571. The molecular weight excluding hydrogens is 260 g/mol. The van der Waals surface area contributed by atoms with Crippen molar-refractivity contribution in [3.8, 4) is 0 Å². The predicted octanol–water partition coefficient (Wildman–Crippen LogP) is 2.39. The SMILES string of the molecule is CCCN(C1CC1)S(=O)(=O)c1ccc(CC)c(N)c1. The molecule has 0 bridgehead atoms. The Bertz CT molecular complexity index is 551. The highest BCUT2D eigenvalue weighted by atomic mass is 32.2. The maximum atomic E-state index is 12.6. The Morgan fingerprint density at radius 2 is 2.00 bits per heavy atom. The van der Waals surface area contributed by atoms with E-state index < -0.39 is 10.0 Å². The molecule has 0 heterocycles. The van der Waals surface area contributed by atoms with E-state index in [0.29, 0.717) is 17.1 Å². The van der Waals surface area contributed by atoms with Crippen molar-refractivity contribution in [2.45, 2.75) is 50.5 Å². The van der Waals surface area contributed by atoms with Crippen molar-refractivity contribution in [2.24, 2.45) is 0 Å². The van der Waals surface area contributed by atoms with Gasteiger partial charge in [0.2, 0.25) is 10.0 Å². The molecule has 0 saturated heterocycles. The van der Waals surface area contributed by atoms with Gasteiger partial charge in [-0.25, -0.2) is 8.42 Å². The maximum absolute atomic E-state index is 12.6. The molecular formula is C14H22N2O2S. The predicted molar refractivity (Wildman–Crippen MR) is 77.4 cm³/mol. The highest BCUT2D eigenvalue weighted by Crippen LogP contribution is 2.32. The molecule has 5 heteroatoms. The van der Waals surface area contributed by atoms with Gasteiger partial charge in [0.25, 0.3) is 0 Å². The van der Waals surface area contributed by atoms with Crippen molar-refractivity contribution in [1.29, 1.82) is 0 Å². The number of nitrogens with two attached hydrogens (primary N) is 1. The molecule has 0 amide bonds. The first kappa shape index (κ1) is 14.3. The van der Waals surface area contributed by atoms with Gasteiger partial charge in [-0.2, -0.15) is 4.31 Å². The third kappa shape index (κ3) is 2.92. The Hall–Kier alpha value is -1.07. The van der Waals surface area contributed by atoms with Crippen molar-refractivity contribution in [3.63, 3.8) is 0 Å². The van der Waals surface area contributed by atoms with Gasteiger partial charge < -0.3 is 5.73 Å². The number of rotatable bonds is 6. The minimum absolute atomic E-state index is 0.192. The van der Waals surface area contributed by atoms with Crippen LogP contribution in [0, 0.1) is 0 Å². The summed E-state index contributed by atoms with van der Waals surface area (Å²) in [4.78, 5) is 0.322. The average molecular weight is 282 g/mol. The first-order valence-corrected chi connectivity index (χ1v) is 8.35. The molecule has 0 atom stereocenters. The van der Waals surface area contributed by atoms with Crippen LogP contribution in [0.3, 0.4) is 0 Å². The molecule has 106 valence electrons. The van der Waals surface area contributed by atoms with Gasteiger partial charge in [-0.1, -0.05) is 19.9 Å². The zero-order chi connectivity index (χ0) is 14.0. The summed E-state index contributed by atoms with van der Waals surface area (Å²) in [6.07, 6.45) is 3.59. The van der Waals surface area contributed by atoms with Crippen LogP contribution < -0.4 is 5.73 Å². The van der Waals surface area contributed by atoms with E-state index in [1.165, 1.54) is 0 Å². The highest BCUT2D eigenvalue weighted by Gasteiger charge is 2.37. The van der Waals surface area contributed by atoms with Crippen molar-refractivity contribution in [2.75, 3.05) is 12.3 Å². The topological polar surface area (TPSA) is 63.4 Å². The van der Waals surface area contributed by atoms with Crippen LogP contribution in [0.5, 0.6) is 0 Å². The summed E-state index contributed by atoms with van der Waals surface area (Å²) in [7, 11) is -3.39. The Labute approximate surface area is 115 Å². The fourth-order valence-corrected chi connectivity index (χ4v) is 4.09. The van der Waals surface area contributed by atoms with E-state index in [-0.39, 0.29) is 6.04 Å². The first-order chi connectivity index (χ1) is 9.00. The average Bonchev–Trinajstić information content (AvgIpc) is 3.19. The molecule has 0 unspecified atom stereocenters. The smallest absolute Gasteiger partial charge is 0.243 e. The number of hydrogen-bond donors (Lipinski definition) is 1. The van der Waals surface area contributed by atoms with Crippen LogP contribution >= 0.6 is 0 Å². The Morgan fingerprint density at radius 1 is 1.32 bits per heavy atom. The van der Waals surface area contributed by atoms with Gasteiger partial charge in [0.15, 0.2) is 0 Å². The van der Waals surface area contributed by atoms with Crippen molar-refractivity contribution in [1.82, 2.24) is 4.31 Å². The lowest BCUT2D eigenvalue weighted by Gasteiger charge is -2.21. The molecule has 1 aliphatic rings. The maximum Gasteiger partial charge on any atom is 0.243 e. The van der Waals surface area contributed by atoms with Crippen molar-refractivity contribution in [3.05, 3.63) is 23.8 Å². The Morgan fingerprint density at radius 3 is 2.47 bits per heavy atom. The van der Waals surface area contributed by atoms with E-state index in [4.69, 9.17) is 5.73 Å². The Kier molecular flexibility index (Phi) is 4.16. The second-order valence-corrected chi connectivity index (χ2v) is 6.95. The standard InChI is InChI=1S/C14H22N2O2S/c1-3-9-16(12-6-7-12)19(17,18)13-8-5-11(4-2)14(15)10-13/h5,8,10,12H,3-4,6-7,9,15H2,1-2H3. The number of sulfonamides is 1. The van der Waals surface area contributed by atoms with Crippen molar-refractivity contribution < 1.29 is 8.42 Å². The molecule has 1 aliphatic carbocycles. The monoisotopic (exact) mass is 282 g/mol. The summed E-state index contributed by atoms with van der Waals surface area (Å²) in [6.45, 7) is 4.59. The van der Waals surface area contributed by atoms with E-state index >= 15 is 0 Å². The number of nitrogens with zero attached hydrogens (tertiary/aromatic N) is 1. The number of nitrogen functional groups attached to an aromatic ring is 1. The molecule has 1 fully saturated rings. The minimum Gasteiger partial charge on any atom is -0.398 e. The van der Waals surface area contributed by atoms with Gasteiger partial charge in [0.05, 0.1) is 4.90 Å². The summed E-state index contributed by atoms with van der Waals surface area (Å²) < 4.78 is 26.9. The third-order valence-electron chi connectivity index (χ3n) is 3.50. The minimum atomic E-state index is -3.39. The second-order valence-electron chi connectivity index (χ2n) is 5.06. The zero-order valence-corrected chi connectivity index (χ0v) is 12.4. The zero-order valence-electron chi connectivity index (χ0n) is 11.6. The van der Waals surface area contributed by atoms with Crippen LogP contribution in [0.4, 0.5) is 5.69 Å². The first-order valence-electron chi connectivity index (χ1n) is 6.91. The lowest BCUT2D eigenvalue weighted by molar-refractivity contribution is 0.403. The quantitative estimate of drug-likeness (QED) is 0.815.